The Balaban J connectivity index is 2.47. The van der Waals surface area contributed by atoms with Gasteiger partial charge in [-0.1, -0.05) is 11.6 Å². The zero-order chi connectivity index (χ0) is 12.0. The molecule has 0 saturated carbocycles. The van der Waals surface area contributed by atoms with Gasteiger partial charge in [0.05, 0.1) is 13.7 Å². The van der Waals surface area contributed by atoms with Crippen LogP contribution in [0.1, 0.15) is 10.4 Å². The van der Waals surface area contributed by atoms with E-state index in [4.69, 9.17) is 11.6 Å². The molecule has 6 heteroatoms. The molecule has 1 rings (SSSR count). The summed E-state index contributed by atoms with van der Waals surface area (Å²) < 4.78 is 0. The number of nitrogens with one attached hydrogen (secondary N) is 2. The summed E-state index contributed by atoms with van der Waals surface area (Å²) in [6.45, 7) is -0.144. The highest BCUT2D eigenvalue weighted by atomic mass is 35.5. The predicted octanol–water partition coefficient (Wildman–Crippen LogP) is 0.747. The molecule has 0 aliphatic carbocycles. The minimum atomic E-state index is -0.426. The van der Waals surface area contributed by atoms with E-state index in [9.17, 15) is 9.59 Å². The number of carbonyl (C=O) groups is 2. The van der Waals surface area contributed by atoms with Crippen molar-refractivity contribution in [3.8, 4) is 0 Å². The number of hydroxylamine groups is 1. The Morgan fingerprint density at radius 1 is 1.31 bits per heavy atom. The van der Waals surface area contributed by atoms with Crippen molar-refractivity contribution in [2.75, 3.05) is 13.7 Å². The summed E-state index contributed by atoms with van der Waals surface area (Å²) >= 11 is 5.67. The molecule has 0 bridgehead atoms. The fourth-order valence-electron chi connectivity index (χ4n) is 1.01. The molecule has 0 radical (unpaired) electrons. The van der Waals surface area contributed by atoms with Crippen molar-refractivity contribution in [3.63, 3.8) is 0 Å². The van der Waals surface area contributed by atoms with Crippen molar-refractivity contribution in [1.82, 2.24) is 10.8 Å². The molecule has 5 nitrogen and oxygen atoms in total. The van der Waals surface area contributed by atoms with Crippen molar-refractivity contribution in [1.29, 1.82) is 0 Å². The van der Waals surface area contributed by atoms with Crippen LogP contribution in [0, 0.1) is 0 Å². The molecule has 0 fully saturated rings. The van der Waals surface area contributed by atoms with Gasteiger partial charge in [-0.25, -0.2) is 5.48 Å². The normalized spacial score (nSPS) is 9.62. The van der Waals surface area contributed by atoms with Crippen LogP contribution in [0.5, 0.6) is 0 Å². The van der Waals surface area contributed by atoms with E-state index in [0.717, 1.165) is 0 Å². The van der Waals surface area contributed by atoms with E-state index in [1.807, 2.05) is 0 Å². The quantitative estimate of drug-likeness (QED) is 0.766. The van der Waals surface area contributed by atoms with Crippen LogP contribution >= 0.6 is 11.6 Å². The lowest BCUT2D eigenvalue weighted by Crippen LogP contribution is -2.36. The maximum atomic E-state index is 11.5. The van der Waals surface area contributed by atoms with E-state index >= 15 is 0 Å². The van der Waals surface area contributed by atoms with Crippen LogP contribution in [0.2, 0.25) is 5.02 Å². The van der Waals surface area contributed by atoms with Gasteiger partial charge in [0.2, 0.25) is 0 Å². The van der Waals surface area contributed by atoms with Gasteiger partial charge in [-0.05, 0) is 24.3 Å². The summed E-state index contributed by atoms with van der Waals surface area (Å²) in [5.41, 5.74) is 2.53. The van der Waals surface area contributed by atoms with Gasteiger partial charge in [0.1, 0.15) is 0 Å². The molecule has 1 aromatic rings. The van der Waals surface area contributed by atoms with Gasteiger partial charge in [0.25, 0.3) is 11.8 Å². The Labute approximate surface area is 97.7 Å². The highest BCUT2D eigenvalue weighted by Crippen LogP contribution is 2.08. The van der Waals surface area contributed by atoms with Crippen molar-refractivity contribution in [2.24, 2.45) is 0 Å². The molecule has 0 heterocycles. The summed E-state index contributed by atoms with van der Waals surface area (Å²) in [6, 6.07) is 6.36. The Bertz CT molecular complexity index is 378. The lowest BCUT2D eigenvalue weighted by molar-refractivity contribution is -0.130. The molecule has 0 aliphatic rings. The van der Waals surface area contributed by atoms with Gasteiger partial charge < -0.3 is 5.32 Å². The lowest BCUT2D eigenvalue weighted by atomic mass is 10.2. The zero-order valence-corrected chi connectivity index (χ0v) is 9.38. The second kappa shape index (κ2) is 6.09. The van der Waals surface area contributed by atoms with Gasteiger partial charge in [-0.2, -0.15) is 0 Å². The fraction of sp³-hybridized carbons (Fsp3) is 0.200. The van der Waals surface area contributed by atoms with E-state index in [0.29, 0.717) is 10.6 Å². The van der Waals surface area contributed by atoms with Crippen molar-refractivity contribution in [2.45, 2.75) is 0 Å². The Hall–Kier alpha value is -1.59. The molecular weight excluding hydrogens is 232 g/mol. The number of hydrogen-bond donors (Lipinski definition) is 2. The molecule has 0 unspecified atom stereocenters. The van der Waals surface area contributed by atoms with E-state index < -0.39 is 5.91 Å². The maximum Gasteiger partial charge on any atom is 0.262 e. The SMILES string of the molecule is CONC(=O)CNC(=O)c1ccc(Cl)cc1. The van der Waals surface area contributed by atoms with Gasteiger partial charge in [-0.15, -0.1) is 0 Å². The fourth-order valence-corrected chi connectivity index (χ4v) is 1.14. The summed E-state index contributed by atoms with van der Waals surface area (Å²) in [7, 11) is 1.32. The summed E-state index contributed by atoms with van der Waals surface area (Å²) in [5, 5.41) is 2.98. The van der Waals surface area contributed by atoms with E-state index in [1.165, 1.54) is 7.11 Å². The minimum Gasteiger partial charge on any atom is -0.343 e. The monoisotopic (exact) mass is 242 g/mol. The number of benzene rings is 1. The average molecular weight is 243 g/mol. The highest BCUT2D eigenvalue weighted by Gasteiger charge is 2.07. The third kappa shape index (κ3) is 3.88. The molecule has 2 amide bonds. The second-order valence-electron chi connectivity index (χ2n) is 2.92. The molecule has 1 aromatic carbocycles. The van der Waals surface area contributed by atoms with Crippen LogP contribution < -0.4 is 10.8 Å². The summed E-state index contributed by atoms with van der Waals surface area (Å²) in [6.07, 6.45) is 0. The third-order valence-corrected chi connectivity index (χ3v) is 1.98. The lowest BCUT2D eigenvalue weighted by Gasteiger charge is -2.04. The first-order valence-corrected chi connectivity index (χ1v) is 4.87. The first-order valence-electron chi connectivity index (χ1n) is 4.49. The molecule has 0 aliphatic heterocycles. The maximum absolute atomic E-state index is 11.5. The van der Waals surface area contributed by atoms with Gasteiger partial charge in [0, 0.05) is 10.6 Å². The molecule has 2 N–H and O–H groups in total. The average Bonchev–Trinajstić information content (AvgIpc) is 2.27. The van der Waals surface area contributed by atoms with Crippen LogP contribution in [0.15, 0.2) is 24.3 Å². The Morgan fingerprint density at radius 3 is 2.50 bits per heavy atom. The van der Waals surface area contributed by atoms with Crippen LogP contribution in [-0.4, -0.2) is 25.5 Å². The van der Waals surface area contributed by atoms with E-state index in [1.54, 1.807) is 24.3 Å². The Morgan fingerprint density at radius 2 is 1.94 bits per heavy atom. The zero-order valence-electron chi connectivity index (χ0n) is 8.62. The third-order valence-electron chi connectivity index (χ3n) is 1.73. The van der Waals surface area contributed by atoms with Crippen LogP contribution in [-0.2, 0) is 9.63 Å². The van der Waals surface area contributed by atoms with Crippen LogP contribution in [0.3, 0.4) is 0 Å². The molecule has 0 aromatic heterocycles. The molecular formula is C10H11ClN2O3. The van der Waals surface area contributed by atoms with E-state index in [-0.39, 0.29) is 12.5 Å². The molecule has 0 spiro atoms. The molecule has 16 heavy (non-hydrogen) atoms. The highest BCUT2D eigenvalue weighted by molar-refractivity contribution is 6.30. The smallest absolute Gasteiger partial charge is 0.262 e. The minimum absolute atomic E-state index is 0.144. The summed E-state index contributed by atoms with van der Waals surface area (Å²) in [4.78, 5) is 26.8. The largest absolute Gasteiger partial charge is 0.343 e. The van der Waals surface area contributed by atoms with Crippen LogP contribution in [0.4, 0.5) is 0 Å². The molecule has 0 saturated heterocycles. The van der Waals surface area contributed by atoms with E-state index in [2.05, 4.69) is 15.6 Å². The van der Waals surface area contributed by atoms with Crippen molar-refractivity contribution >= 4 is 23.4 Å². The number of halogens is 1. The van der Waals surface area contributed by atoms with Gasteiger partial charge in [0.15, 0.2) is 0 Å². The van der Waals surface area contributed by atoms with Crippen molar-refractivity contribution in [3.05, 3.63) is 34.9 Å². The summed E-state index contributed by atoms with van der Waals surface area (Å²) in [5.74, 6) is -0.771. The predicted molar refractivity (Wildman–Crippen MR) is 58.9 cm³/mol. The second-order valence-corrected chi connectivity index (χ2v) is 3.36. The topological polar surface area (TPSA) is 67.4 Å². The number of amides is 2. The first kappa shape index (κ1) is 12.5. The van der Waals surface area contributed by atoms with Gasteiger partial charge in [-0.3, -0.25) is 14.4 Å². The van der Waals surface area contributed by atoms with Crippen LogP contribution in [0.25, 0.3) is 0 Å². The molecule has 0 atom stereocenters. The van der Waals surface area contributed by atoms with Gasteiger partial charge >= 0.3 is 0 Å². The number of hydrogen-bond acceptors (Lipinski definition) is 3. The first-order chi connectivity index (χ1) is 7.63. The number of rotatable bonds is 4. The van der Waals surface area contributed by atoms with Crippen molar-refractivity contribution < 1.29 is 14.4 Å². The Kier molecular flexibility index (Phi) is 4.75. The standard InChI is InChI=1S/C10H11ClN2O3/c1-16-13-9(14)6-12-10(15)7-2-4-8(11)5-3-7/h2-5H,6H2,1H3,(H,12,15)(H,13,14). The molecule has 86 valence electrons. The number of carbonyl (C=O) groups excluding carboxylic acids is 2.